The van der Waals surface area contributed by atoms with E-state index >= 15 is 0 Å². The molecular weight excluding hydrogens is 186 g/mol. The van der Waals surface area contributed by atoms with Gasteiger partial charge in [0.15, 0.2) is 0 Å². The lowest BCUT2D eigenvalue weighted by Gasteiger charge is -2.03. The van der Waals surface area contributed by atoms with Crippen molar-refractivity contribution in [2.24, 2.45) is 0 Å². The predicted molar refractivity (Wildman–Crippen MR) is 58.4 cm³/mol. The average Bonchev–Trinajstić information content (AvgIpc) is 2.78. The third-order valence-corrected chi connectivity index (χ3v) is 2.43. The van der Waals surface area contributed by atoms with E-state index in [1.165, 1.54) is 5.56 Å². The van der Waals surface area contributed by atoms with Crippen LogP contribution < -0.4 is 0 Å². The molecule has 3 heterocycles. The van der Waals surface area contributed by atoms with E-state index in [0.717, 1.165) is 11.1 Å². The van der Waals surface area contributed by atoms with Gasteiger partial charge in [0.05, 0.1) is 5.52 Å². The summed E-state index contributed by atoms with van der Waals surface area (Å²) in [6.07, 6.45) is 7.35. The molecule has 3 aromatic heterocycles. The number of aromatic nitrogens is 3. The second kappa shape index (κ2) is 3.20. The first-order valence-electron chi connectivity index (χ1n) is 4.78. The SMILES string of the molecule is c1cc2c(-c3ccncc3)ccnn2c1. The monoisotopic (exact) mass is 195 g/mol. The Balaban J connectivity index is 2.31. The molecule has 0 bridgehead atoms. The van der Waals surface area contributed by atoms with Gasteiger partial charge in [-0.15, -0.1) is 0 Å². The summed E-state index contributed by atoms with van der Waals surface area (Å²) in [5, 5.41) is 4.23. The Hall–Kier alpha value is -2.16. The van der Waals surface area contributed by atoms with Gasteiger partial charge < -0.3 is 0 Å². The van der Waals surface area contributed by atoms with Crippen molar-refractivity contribution in [3.63, 3.8) is 0 Å². The van der Waals surface area contributed by atoms with Crippen LogP contribution >= 0.6 is 0 Å². The van der Waals surface area contributed by atoms with Gasteiger partial charge in [-0.25, -0.2) is 4.52 Å². The first-order chi connectivity index (χ1) is 7.45. The van der Waals surface area contributed by atoms with Gasteiger partial charge in [-0.3, -0.25) is 4.98 Å². The van der Waals surface area contributed by atoms with E-state index in [1.807, 2.05) is 41.2 Å². The van der Waals surface area contributed by atoms with Crippen molar-refractivity contribution in [2.45, 2.75) is 0 Å². The van der Waals surface area contributed by atoms with Gasteiger partial charge in [-0.05, 0) is 35.9 Å². The Labute approximate surface area is 87.0 Å². The summed E-state index contributed by atoms with van der Waals surface area (Å²) in [5.74, 6) is 0. The van der Waals surface area contributed by atoms with Gasteiger partial charge in [0.1, 0.15) is 0 Å². The first-order valence-corrected chi connectivity index (χ1v) is 4.78. The normalized spacial score (nSPS) is 10.7. The van der Waals surface area contributed by atoms with E-state index in [-0.39, 0.29) is 0 Å². The third kappa shape index (κ3) is 1.29. The fourth-order valence-corrected chi connectivity index (χ4v) is 1.73. The molecular formula is C12H9N3. The Morgan fingerprint density at radius 1 is 0.933 bits per heavy atom. The number of nitrogens with zero attached hydrogens (tertiary/aromatic N) is 3. The molecule has 0 amide bonds. The maximum atomic E-state index is 4.23. The molecule has 0 aromatic carbocycles. The number of hydrogen-bond acceptors (Lipinski definition) is 2. The molecule has 0 atom stereocenters. The second-order valence-electron chi connectivity index (χ2n) is 3.32. The lowest BCUT2D eigenvalue weighted by atomic mass is 10.1. The van der Waals surface area contributed by atoms with Crippen molar-refractivity contribution in [1.29, 1.82) is 0 Å². The molecule has 3 heteroatoms. The molecule has 0 aliphatic carbocycles. The van der Waals surface area contributed by atoms with Crippen LogP contribution in [-0.2, 0) is 0 Å². The van der Waals surface area contributed by atoms with E-state index in [1.54, 1.807) is 12.4 Å². The highest BCUT2D eigenvalue weighted by Crippen LogP contribution is 2.22. The number of fused-ring (bicyclic) bond motifs is 1. The smallest absolute Gasteiger partial charge is 0.0725 e. The molecule has 0 aliphatic rings. The van der Waals surface area contributed by atoms with Crippen molar-refractivity contribution in [1.82, 2.24) is 14.6 Å². The zero-order valence-corrected chi connectivity index (χ0v) is 8.04. The molecule has 0 spiro atoms. The minimum Gasteiger partial charge on any atom is -0.265 e. The molecule has 0 saturated carbocycles. The van der Waals surface area contributed by atoms with Gasteiger partial charge >= 0.3 is 0 Å². The van der Waals surface area contributed by atoms with Crippen molar-refractivity contribution in [3.05, 3.63) is 55.1 Å². The van der Waals surface area contributed by atoms with Crippen LogP contribution in [0.3, 0.4) is 0 Å². The van der Waals surface area contributed by atoms with Crippen molar-refractivity contribution in [3.8, 4) is 11.1 Å². The van der Waals surface area contributed by atoms with Crippen LogP contribution in [-0.4, -0.2) is 14.6 Å². The van der Waals surface area contributed by atoms with Crippen molar-refractivity contribution < 1.29 is 0 Å². The summed E-state index contributed by atoms with van der Waals surface area (Å²) in [6.45, 7) is 0. The van der Waals surface area contributed by atoms with Crippen LogP contribution in [0.15, 0.2) is 55.1 Å². The molecule has 3 aromatic rings. The molecule has 3 rings (SSSR count). The van der Waals surface area contributed by atoms with Gasteiger partial charge in [0, 0.05) is 30.4 Å². The van der Waals surface area contributed by atoms with E-state index in [2.05, 4.69) is 16.1 Å². The summed E-state index contributed by atoms with van der Waals surface area (Å²) >= 11 is 0. The largest absolute Gasteiger partial charge is 0.265 e. The summed E-state index contributed by atoms with van der Waals surface area (Å²) < 4.78 is 1.87. The third-order valence-electron chi connectivity index (χ3n) is 2.43. The number of rotatable bonds is 1. The summed E-state index contributed by atoms with van der Waals surface area (Å²) in [7, 11) is 0. The molecule has 0 saturated heterocycles. The molecule has 0 N–H and O–H groups in total. The average molecular weight is 195 g/mol. The lowest BCUT2D eigenvalue weighted by Crippen LogP contribution is -1.90. The highest BCUT2D eigenvalue weighted by molar-refractivity contribution is 5.79. The Morgan fingerprint density at radius 2 is 1.80 bits per heavy atom. The molecule has 0 radical (unpaired) electrons. The van der Waals surface area contributed by atoms with Crippen molar-refractivity contribution in [2.75, 3.05) is 0 Å². The van der Waals surface area contributed by atoms with E-state index in [4.69, 9.17) is 0 Å². The summed E-state index contributed by atoms with van der Waals surface area (Å²) in [5.41, 5.74) is 3.46. The van der Waals surface area contributed by atoms with Crippen LogP contribution in [0.1, 0.15) is 0 Å². The van der Waals surface area contributed by atoms with Crippen LogP contribution in [0.4, 0.5) is 0 Å². The number of pyridine rings is 1. The van der Waals surface area contributed by atoms with Gasteiger partial charge in [0.25, 0.3) is 0 Å². The zero-order chi connectivity index (χ0) is 10.1. The van der Waals surface area contributed by atoms with E-state index < -0.39 is 0 Å². The van der Waals surface area contributed by atoms with Gasteiger partial charge in [-0.1, -0.05) is 0 Å². The van der Waals surface area contributed by atoms with Crippen LogP contribution in [0.25, 0.3) is 16.6 Å². The second-order valence-corrected chi connectivity index (χ2v) is 3.32. The number of hydrogen-bond donors (Lipinski definition) is 0. The Morgan fingerprint density at radius 3 is 2.67 bits per heavy atom. The van der Waals surface area contributed by atoms with Crippen LogP contribution in [0.2, 0.25) is 0 Å². The molecule has 0 unspecified atom stereocenters. The minimum atomic E-state index is 1.11. The highest BCUT2D eigenvalue weighted by atomic mass is 15.2. The molecule has 72 valence electrons. The standard InChI is InChI=1S/C12H9N3/c1-2-12-11(5-8-14-15(12)9-1)10-3-6-13-7-4-10/h1-9H. The predicted octanol–water partition coefficient (Wildman–Crippen LogP) is 2.40. The maximum absolute atomic E-state index is 4.23. The molecule has 15 heavy (non-hydrogen) atoms. The van der Waals surface area contributed by atoms with Crippen LogP contribution in [0.5, 0.6) is 0 Å². The summed E-state index contributed by atoms with van der Waals surface area (Å²) in [6, 6.07) is 10.1. The van der Waals surface area contributed by atoms with E-state index in [0.29, 0.717) is 0 Å². The van der Waals surface area contributed by atoms with Crippen LogP contribution in [0, 0.1) is 0 Å². The van der Waals surface area contributed by atoms with E-state index in [9.17, 15) is 0 Å². The van der Waals surface area contributed by atoms with Gasteiger partial charge in [-0.2, -0.15) is 5.10 Å². The maximum Gasteiger partial charge on any atom is 0.0725 e. The fourth-order valence-electron chi connectivity index (χ4n) is 1.73. The Kier molecular flexibility index (Phi) is 1.75. The molecule has 3 nitrogen and oxygen atoms in total. The van der Waals surface area contributed by atoms with Crippen molar-refractivity contribution >= 4 is 5.52 Å². The lowest BCUT2D eigenvalue weighted by molar-refractivity contribution is 0.942. The fraction of sp³-hybridized carbons (Fsp3) is 0. The van der Waals surface area contributed by atoms with Gasteiger partial charge in [0.2, 0.25) is 0 Å². The zero-order valence-electron chi connectivity index (χ0n) is 8.04. The summed E-state index contributed by atoms with van der Waals surface area (Å²) in [4.78, 5) is 4.02. The highest BCUT2D eigenvalue weighted by Gasteiger charge is 2.02. The Bertz CT molecular complexity index is 584. The topological polar surface area (TPSA) is 30.2 Å². The quantitative estimate of drug-likeness (QED) is 0.596. The molecule has 0 aliphatic heterocycles. The minimum absolute atomic E-state index is 1.11. The first kappa shape index (κ1) is 8.17. The molecule has 0 fully saturated rings.